The molecule has 0 spiro atoms. The summed E-state index contributed by atoms with van der Waals surface area (Å²) in [5.41, 5.74) is 2.37. The lowest BCUT2D eigenvalue weighted by atomic mass is 10.1. The second-order valence-electron chi connectivity index (χ2n) is 7.64. The van der Waals surface area contributed by atoms with Gasteiger partial charge < -0.3 is 10.1 Å². The molecule has 0 aromatic heterocycles. The van der Waals surface area contributed by atoms with E-state index in [1.165, 1.54) is 20.1 Å². The maximum Gasteiger partial charge on any atom is 0.245 e. The Morgan fingerprint density at radius 2 is 1.70 bits per heavy atom. The molecule has 172 valence electrons. The van der Waals surface area contributed by atoms with Crippen LogP contribution in [0.3, 0.4) is 0 Å². The van der Waals surface area contributed by atoms with Crippen molar-refractivity contribution in [2.45, 2.75) is 31.2 Å². The normalized spacial score (nSPS) is 12.1. The van der Waals surface area contributed by atoms with Crippen molar-refractivity contribution in [3.63, 3.8) is 0 Å². The standard InChI is InChI=1S/C25H26N2O5S/c1-17-12-13-23(32-3)24(14-17)33(30,31)27-22(15-19-8-5-4-6-9-19)25(29)26-21-11-7-10-20(16-21)18(2)28/h4-14,16,22,27H,15H2,1-3H3,(H,26,29). The number of rotatable bonds is 9. The van der Waals surface area contributed by atoms with Gasteiger partial charge in [0.05, 0.1) is 7.11 Å². The number of nitrogens with one attached hydrogen (secondary N) is 2. The van der Waals surface area contributed by atoms with Crippen molar-refractivity contribution in [2.75, 3.05) is 12.4 Å². The number of Topliss-reactive ketones (excluding diaryl/α,β-unsaturated/α-hetero) is 1. The van der Waals surface area contributed by atoms with Crippen LogP contribution in [0.1, 0.15) is 28.4 Å². The molecule has 1 atom stereocenters. The molecule has 3 rings (SSSR count). The van der Waals surface area contributed by atoms with Crippen molar-refractivity contribution in [2.24, 2.45) is 0 Å². The number of amides is 1. The van der Waals surface area contributed by atoms with E-state index in [1.807, 2.05) is 30.3 Å². The lowest BCUT2D eigenvalue weighted by molar-refractivity contribution is -0.117. The summed E-state index contributed by atoms with van der Waals surface area (Å²) in [6.07, 6.45) is 0.131. The van der Waals surface area contributed by atoms with Crippen molar-refractivity contribution >= 4 is 27.4 Å². The molecule has 2 N–H and O–H groups in total. The Morgan fingerprint density at radius 3 is 2.36 bits per heavy atom. The quantitative estimate of drug-likeness (QED) is 0.468. The van der Waals surface area contributed by atoms with Crippen molar-refractivity contribution in [1.29, 1.82) is 0 Å². The van der Waals surface area contributed by atoms with Gasteiger partial charge in [0, 0.05) is 11.3 Å². The van der Waals surface area contributed by atoms with Crippen LogP contribution in [0.15, 0.2) is 77.7 Å². The van der Waals surface area contributed by atoms with E-state index < -0.39 is 22.0 Å². The van der Waals surface area contributed by atoms with E-state index in [-0.39, 0.29) is 22.8 Å². The summed E-state index contributed by atoms with van der Waals surface area (Å²) >= 11 is 0. The molecule has 0 fully saturated rings. The van der Waals surface area contributed by atoms with Crippen LogP contribution in [0.25, 0.3) is 0 Å². The van der Waals surface area contributed by atoms with Crippen LogP contribution in [0, 0.1) is 6.92 Å². The molecule has 0 aliphatic carbocycles. The van der Waals surface area contributed by atoms with Gasteiger partial charge >= 0.3 is 0 Å². The maximum atomic E-state index is 13.2. The monoisotopic (exact) mass is 466 g/mol. The summed E-state index contributed by atoms with van der Waals surface area (Å²) in [5, 5.41) is 2.72. The minimum absolute atomic E-state index is 0.0468. The molecule has 0 aliphatic heterocycles. The Kier molecular flexibility index (Phi) is 7.63. The van der Waals surface area contributed by atoms with Crippen LogP contribution in [0.4, 0.5) is 5.69 Å². The van der Waals surface area contributed by atoms with Gasteiger partial charge in [-0.1, -0.05) is 48.5 Å². The molecule has 3 aromatic rings. The van der Waals surface area contributed by atoms with Gasteiger partial charge in [-0.25, -0.2) is 8.42 Å². The zero-order valence-corrected chi connectivity index (χ0v) is 19.5. The van der Waals surface area contributed by atoms with E-state index >= 15 is 0 Å². The molecular formula is C25H26N2O5S. The maximum absolute atomic E-state index is 13.2. The van der Waals surface area contributed by atoms with Gasteiger partial charge in [-0.3, -0.25) is 9.59 Å². The minimum Gasteiger partial charge on any atom is -0.495 e. The number of sulfonamides is 1. The highest BCUT2D eigenvalue weighted by Crippen LogP contribution is 2.25. The molecule has 33 heavy (non-hydrogen) atoms. The molecule has 0 bridgehead atoms. The van der Waals surface area contributed by atoms with Gasteiger partial charge in [0.15, 0.2) is 5.78 Å². The van der Waals surface area contributed by atoms with Gasteiger partial charge in [0.2, 0.25) is 15.9 Å². The van der Waals surface area contributed by atoms with E-state index in [9.17, 15) is 18.0 Å². The van der Waals surface area contributed by atoms with E-state index in [1.54, 1.807) is 43.3 Å². The first-order valence-corrected chi connectivity index (χ1v) is 11.8. The Morgan fingerprint density at radius 1 is 0.970 bits per heavy atom. The third-order valence-electron chi connectivity index (χ3n) is 5.04. The number of carbonyl (C=O) groups excluding carboxylic acids is 2. The first-order valence-electron chi connectivity index (χ1n) is 10.3. The van der Waals surface area contributed by atoms with Crippen molar-refractivity contribution in [3.05, 3.63) is 89.5 Å². The first-order chi connectivity index (χ1) is 15.7. The van der Waals surface area contributed by atoms with Gasteiger partial charge in [-0.2, -0.15) is 4.72 Å². The summed E-state index contributed by atoms with van der Waals surface area (Å²) < 4.78 is 34.3. The van der Waals surface area contributed by atoms with E-state index in [0.717, 1.165) is 11.1 Å². The lowest BCUT2D eigenvalue weighted by Crippen LogP contribution is -2.45. The number of hydrogen-bond acceptors (Lipinski definition) is 5. The fourth-order valence-electron chi connectivity index (χ4n) is 3.33. The first kappa shape index (κ1) is 24.2. The molecule has 0 radical (unpaired) electrons. The van der Waals surface area contributed by atoms with E-state index in [4.69, 9.17) is 4.74 Å². The highest BCUT2D eigenvalue weighted by Gasteiger charge is 2.28. The molecule has 3 aromatic carbocycles. The topological polar surface area (TPSA) is 102 Å². The van der Waals surface area contributed by atoms with Crippen LogP contribution in [0.5, 0.6) is 5.75 Å². The SMILES string of the molecule is COc1ccc(C)cc1S(=O)(=O)NC(Cc1ccccc1)C(=O)Nc1cccc(C(C)=O)c1. The smallest absolute Gasteiger partial charge is 0.245 e. The third-order valence-corrected chi connectivity index (χ3v) is 6.53. The average Bonchev–Trinajstić information content (AvgIpc) is 2.79. The van der Waals surface area contributed by atoms with E-state index in [2.05, 4.69) is 10.0 Å². The summed E-state index contributed by atoms with van der Waals surface area (Å²) in [4.78, 5) is 24.8. The summed E-state index contributed by atoms with van der Waals surface area (Å²) in [6, 6.07) is 19.3. The fourth-order valence-corrected chi connectivity index (χ4v) is 4.78. The number of methoxy groups -OCH3 is 1. The number of aryl methyl sites for hydroxylation is 1. The molecule has 8 heteroatoms. The fraction of sp³-hybridized carbons (Fsp3) is 0.200. The van der Waals surface area contributed by atoms with Gasteiger partial charge in [-0.05, 0) is 55.7 Å². The number of benzene rings is 3. The number of ether oxygens (including phenoxy) is 1. The molecular weight excluding hydrogens is 440 g/mol. The van der Waals surface area contributed by atoms with Gasteiger partial charge in [0.1, 0.15) is 16.7 Å². The Hall–Kier alpha value is -3.49. The van der Waals surface area contributed by atoms with Crippen LogP contribution in [0.2, 0.25) is 0 Å². The molecule has 1 amide bonds. The van der Waals surface area contributed by atoms with Gasteiger partial charge in [0.25, 0.3) is 0 Å². The zero-order valence-electron chi connectivity index (χ0n) is 18.7. The van der Waals surface area contributed by atoms with Gasteiger partial charge in [-0.15, -0.1) is 0 Å². The number of ketones is 1. The molecule has 0 heterocycles. The predicted molar refractivity (Wildman–Crippen MR) is 127 cm³/mol. The highest BCUT2D eigenvalue weighted by molar-refractivity contribution is 7.89. The van der Waals surface area contributed by atoms with E-state index in [0.29, 0.717) is 11.3 Å². The van der Waals surface area contributed by atoms with Crippen molar-refractivity contribution in [3.8, 4) is 5.75 Å². The molecule has 1 unspecified atom stereocenters. The number of anilines is 1. The van der Waals surface area contributed by atoms with Crippen LogP contribution in [-0.2, 0) is 21.2 Å². The second kappa shape index (κ2) is 10.4. The largest absolute Gasteiger partial charge is 0.495 e. The predicted octanol–water partition coefficient (Wildman–Crippen LogP) is 3.73. The number of hydrogen-bond donors (Lipinski definition) is 2. The van der Waals surface area contributed by atoms with Crippen LogP contribution < -0.4 is 14.8 Å². The summed E-state index contributed by atoms with van der Waals surface area (Å²) in [5.74, 6) is -0.505. The zero-order chi connectivity index (χ0) is 24.0. The highest BCUT2D eigenvalue weighted by atomic mass is 32.2. The average molecular weight is 467 g/mol. The Labute approximate surface area is 193 Å². The molecule has 7 nitrogen and oxygen atoms in total. The summed E-state index contributed by atoms with van der Waals surface area (Å²) in [6.45, 7) is 3.21. The third kappa shape index (κ3) is 6.27. The molecule has 0 saturated carbocycles. The van der Waals surface area contributed by atoms with Crippen LogP contribution >= 0.6 is 0 Å². The van der Waals surface area contributed by atoms with Crippen molar-refractivity contribution < 1.29 is 22.7 Å². The summed E-state index contributed by atoms with van der Waals surface area (Å²) in [7, 11) is -2.70. The second-order valence-corrected chi connectivity index (χ2v) is 9.33. The molecule has 0 saturated heterocycles. The van der Waals surface area contributed by atoms with Crippen LogP contribution in [-0.4, -0.2) is 33.3 Å². The Balaban J connectivity index is 1.93. The number of carbonyl (C=O) groups is 2. The minimum atomic E-state index is -4.09. The lowest BCUT2D eigenvalue weighted by Gasteiger charge is -2.20. The molecule has 0 aliphatic rings. The Bertz CT molecular complexity index is 1260. The van der Waals surface area contributed by atoms with Crippen molar-refractivity contribution in [1.82, 2.24) is 4.72 Å².